The zero-order valence-electron chi connectivity index (χ0n) is 4.58. The van der Waals surface area contributed by atoms with Gasteiger partial charge >= 0.3 is 0 Å². The molecule has 0 fully saturated rings. The molecule has 0 saturated carbocycles. The molecule has 1 radical (unpaired) electrons. The van der Waals surface area contributed by atoms with Crippen molar-refractivity contribution in [3.05, 3.63) is 12.4 Å². The summed E-state index contributed by atoms with van der Waals surface area (Å²) in [7, 11) is 0. The molecule has 0 bridgehead atoms. The predicted octanol–water partition coefficient (Wildman–Crippen LogP) is 2.46. The normalized spacial score (nSPS) is 8.86. The van der Waals surface area contributed by atoms with Gasteiger partial charge in [0.15, 0.2) is 0 Å². The smallest absolute Gasteiger partial charge is 0.1000 e. The summed E-state index contributed by atoms with van der Waals surface area (Å²) in [5, 5.41) is 0. The molecule has 0 aromatic carbocycles. The Morgan fingerprint density at radius 3 is 2.43 bits per heavy atom. The lowest BCUT2D eigenvalue weighted by Gasteiger charge is -1.87. The summed E-state index contributed by atoms with van der Waals surface area (Å²) >= 11 is 0. The first-order chi connectivity index (χ1) is 3.27. The van der Waals surface area contributed by atoms with Crippen molar-refractivity contribution < 1.29 is 4.39 Å². The molecule has 0 amide bonds. The lowest BCUT2D eigenvalue weighted by atomic mass is 10.2. The van der Waals surface area contributed by atoms with Gasteiger partial charge in [-0.2, -0.15) is 0 Å². The van der Waals surface area contributed by atoms with E-state index >= 15 is 0 Å². The van der Waals surface area contributed by atoms with E-state index in [0.717, 1.165) is 12.8 Å². The number of unbranched alkanes of at least 4 members (excludes halogenated alkanes) is 1. The van der Waals surface area contributed by atoms with Crippen LogP contribution in [0.3, 0.4) is 0 Å². The van der Waals surface area contributed by atoms with Crippen molar-refractivity contribution in [2.75, 3.05) is 0 Å². The molecule has 0 aliphatic heterocycles. The quantitative estimate of drug-likeness (QED) is 0.512. The minimum atomic E-state index is -0.443. The summed E-state index contributed by atoms with van der Waals surface area (Å²) in [6.07, 6.45) is 2.30. The lowest BCUT2D eigenvalue weighted by molar-refractivity contribution is 0.571. The lowest BCUT2D eigenvalue weighted by Crippen LogP contribution is -1.70. The van der Waals surface area contributed by atoms with Crippen LogP contribution < -0.4 is 0 Å². The molecule has 0 aromatic rings. The van der Waals surface area contributed by atoms with Gasteiger partial charge < -0.3 is 0 Å². The predicted molar refractivity (Wildman–Crippen MR) is 28.4 cm³/mol. The fourth-order valence-corrected chi connectivity index (χ4v) is 0.346. The second-order valence-corrected chi connectivity index (χ2v) is 1.55. The average molecular weight is 101 g/mol. The largest absolute Gasteiger partial charge is 0.212 e. The highest BCUT2D eigenvalue weighted by atomic mass is 19.1. The number of halogens is 1. The molecule has 41 valence electrons. The number of hydrogen-bond acceptors (Lipinski definition) is 0. The van der Waals surface area contributed by atoms with Gasteiger partial charge in [0.25, 0.3) is 0 Å². The minimum absolute atomic E-state index is 0.427. The van der Waals surface area contributed by atoms with E-state index in [1.807, 2.05) is 6.92 Å². The van der Waals surface area contributed by atoms with Crippen LogP contribution in [0.4, 0.5) is 4.39 Å². The molecule has 0 saturated heterocycles. The van der Waals surface area contributed by atoms with E-state index in [1.54, 1.807) is 0 Å². The third-order valence-corrected chi connectivity index (χ3v) is 0.769. The van der Waals surface area contributed by atoms with Gasteiger partial charge in [0.1, 0.15) is 0 Å². The Bertz CT molecular complexity index is 57.2. The van der Waals surface area contributed by atoms with E-state index in [-0.39, 0.29) is 0 Å². The Labute approximate surface area is 44.0 Å². The maximum atomic E-state index is 11.6. The van der Waals surface area contributed by atoms with E-state index in [4.69, 9.17) is 6.58 Å². The molecule has 0 aliphatic rings. The van der Waals surface area contributed by atoms with Crippen molar-refractivity contribution in [3.63, 3.8) is 0 Å². The van der Waals surface area contributed by atoms with Gasteiger partial charge in [-0.3, -0.25) is 0 Å². The molecule has 1 heteroatoms. The first kappa shape index (κ1) is 6.67. The van der Waals surface area contributed by atoms with Gasteiger partial charge in [-0.05, 0) is 19.4 Å². The topological polar surface area (TPSA) is 0 Å². The molecule has 0 nitrogen and oxygen atoms in total. The van der Waals surface area contributed by atoms with Crippen LogP contribution in [0.2, 0.25) is 0 Å². The third-order valence-electron chi connectivity index (χ3n) is 0.769. The van der Waals surface area contributed by atoms with Crippen molar-refractivity contribution in [2.24, 2.45) is 0 Å². The summed E-state index contributed by atoms with van der Waals surface area (Å²) in [5.41, 5.74) is 0. The van der Waals surface area contributed by atoms with Crippen LogP contribution in [0.25, 0.3) is 0 Å². The zero-order chi connectivity index (χ0) is 5.70. The standard InChI is InChI=1S/C6H10F/c1-3-4-5-6(2)7/h2H,3-5H2,1H3. The number of hydrogen-bond donors (Lipinski definition) is 0. The maximum Gasteiger partial charge on any atom is 0.1000 e. The summed E-state index contributed by atoms with van der Waals surface area (Å²) < 4.78 is 11.6. The van der Waals surface area contributed by atoms with Crippen LogP contribution >= 0.6 is 0 Å². The van der Waals surface area contributed by atoms with Gasteiger partial charge in [0.2, 0.25) is 0 Å². The molecule has 0 aromatic heterocycles. The summed E-state index contributed by atoms with van der Waals surface area (Å²) in [4.78, 5) is 0. The van der Waals surface area contributed by atoms with Gasteiger partial charge in [-0.15, -0.1) is 0 Å². The van der Waals surface area contributed by atoms with Crippen LogP contribution in [0.5, 0.6) is 0 Å². The monoisotopic (exact) mass is 101 g/mol. The van der Waals surface area contributed by atoms with Gasteiger partial charge in [0, 0.05) is 0 Å². The molecule has 0 aliphatic carbocycles. The second kappa shape index (κ2) is 3.85. The van der Waals surface area contributed by atoms with Crippen LogP contribution in [0.1, 0.15) is 26.2 Å². The molecule has 0 unspecified atom stereocenters. The van der Waals surface area contributed by atoms with Crippen molar-refractivity contribution in [2.45, 2.75) is 26.2 Å². The van der Waals surface area contributed by atoms with E-state index < -0.39 is 5.83 Å². The van der Waals surface area contributed by atoms with E-state index in [2.05, 4.69) is 0 Å². The molecule has 7 heavy (non-hydrogen) atoms. The Hall–Kier alpha value is -0.330. The van der Waals surface area contributed by atoms with Crippen molar-refractivity contribution >= 4 is 0 Å². The van der Waals surface area contributed by atoms with Gasteiger partial charge in [-0.25, -0.2) is 4.39 Å². The first-order valence-electron chi connectivity index (χ1n) is 2.54. The Morgan fingerprint density at radius 2 is 2.29 bits per heavy atom. The van der Waals surface area contributed by atoms with Crippen LogP contribution in [-0.2, 0) is 0 Å². The van der Waals surface area contributed by atoms with Gasteiger partial charge in [0.05, 0.1) is 5.83 Å². The highest BCUT2D eigenvalue weighted by molar-refractivity contribution is 4.74. The summed E-state index contributed by atoms with van der Waals surface area (Å²) in [6.45, 7) is 6.73. The minimum Gasteiger partial charge on any atom is -0.212 e. The van der Waals surface area contributed by atoms with Crippen LogP contribution in [-0.4, -0.2) is 0 Å². The Balaban J connectivity index is 2.82. The summed E-state index contributed by atoms with van der Waals surface area (Å²) in [6, 6.07) is 0. The summed E-state index contributed by atoms with van der Waals surface area (Å²) in [5.74, 6) is -0.443. The maximum absolute atomic E-state index is 11.6. The molecule has 0 heterocycles. The van der Waals surface area contributed by atoms with Gasteiger partial charge in [-0.1, -0.05) is 13.3 Å². The molecule has 0 N–H and O–H groups in total. The van der Waals surface area contributed by atoms with E-state index in [9.17, 15) is 4.39 Å². The number of rotatable bonds is 3. The molecule has 0 rings (SSSR count). The molecular formula is C6H10F. The fourth-order valence-electron chi connectivity index (χ4n) is 0.346. The van der Waals surface area contributed by atoms with Crippen LogP contribution in [0, 0.1) is 6.58 Å². The molecular weight excluding hydrogens is 91.1 g/mol. The highest BCUT2D eigenvalue weighted by Gasteiger charge is 1.85. The van der Waals surface area contributed by atoms with Crippen molar-refractivity contribution in [1.29, 1.82) is 0 Å². The van der Waals surface area contributed by atoms with E-state index in [0.29, 0.717) is 6.42 Å². The van der Waals surface area contributed by atoms with Crippen LogP contribution in [0.15, 0.2) is 5.83 Å². The first-order valence-corrected chi connectivity index (χ1v) is 2.54. The fraction of sp³-hybridized carbons (Fsp3) is 0.667. The molecule has 0 atom stereocenters. The third kappa shape index (κ3) is 5.67. The SMILES string of the molecule is [CH]=C(F)CCCC. The number of allylic oxidation sites excluding steroid dienone is 1. The molecule has 0 spiro atoms. The Kier molecular flexibility index (Phi) is 3.67. The van der Waals surface area contributed by atoms with E-state index in [1.165, 1.54) is 0 Å². The average Bonchev–Trinajstić information content (AvgIpc) is 1.61. The Morgan fingerprint density at radius 1 is 1.71 bits per heavy atom. The van der Waals surface area contributed by atoms with Crippen molar-refractivity contribution in [3.8, 4) is 0 Å². The zero-order valence-corrected chi connectivity index (χ0v) is 4.58. The second-order valence-electron chi connectivity index (χ2n) is 1.55. The van der Waals surface area contributed by atoms with Crippen molar-refractivity contribution in [1.82, 2.24) is 0 Å². The highest BCUT2D eigenvalue weighted by Crippen LogP contribution is 2.03.